The average molecular weight is 355 g/mol. The maximum absolute atomic E-state index is 12.3. The Hall–Kier alpha value is -2.70. The van der Waals surface area contributed by atoms with E-state index in [1.54, 1.807) is 13.0 Å². The SMILES string of the molecule is Cc1cc(NC(=O)N2CCN(c3ccc(N4CCCC4)cc3)CC2)no1. The van der Waals surface area contributed by atoms with E-state index < -0.39 is 0 Å². The van der Waals surface area contributed by atoms with Gasteiger partial charge in [-0.1, -0.05) is 5.16 Å². The Morgan fingerprint density at radius 3 is 2.08 bits per heavy atom. The number of nitrogens with one attached hydrogen (secondary N) is 1. The third-order valence-electron chi connectivity index (χ3n) is 5.12. The first-order valence-corrected chi connectivity index (χ1v) is 9.28. The fourth-order valence-corrected chi connectivity index (χ4v) is 3.63. The van der Waals surface area contributed by atoms with Gasteiger partial charge >= 0.3 is 6.03 Å². The van der Waals surface area contributed by atoms with Crippen LogP contribution in [0.3, 0.4) is 0 Å². The van der Waals surface area contributed by atoms with Gasteiger partial charge in [-0.3, -0.25) is 5.32 Å². The van der Waals surface area contributed by atoms with Gasteiger partial charge in [-0.2, -0.15) is 0 Å². The van der Waals surface area contributed by atoms with Gasteiger partial charge in [-0.25, -0.2) is 4.79 Å². The molecule has 2 fully saturated rings. The van der Waals surface area contributed by atoms with Gasteiger partial charge in [-0.15, -0.1) is 0 Å². The highest BCUT2D eigenvalue weighted by Crippen LogP contribution is 2.24. The minimum absolute atomic E-state index is 0.123. The molecule has 0 aliphatic carbocycles. The maximum Gasteiger partial charge on any atom is 0.323 e. The summed E-state index contributed by atoms with van der Waals surface area (Å²) in [6, 6.07) is 10.4. The van der Waals surface area contributed by atoms with Crippen molar-refractivity contribution in [3.63, 3.8) is 0 Å². The summed E-state index contributed by atoms with van der Waals surface area (Å²) >= 11 is 0. The van der Waals surface area contributed by atoms with Crippen LogP contribution >= 0.6 is 0 Å². The monoisotopic (exact) mass is 355 g/mol. The van der Waals surface area contributed by atoms with Crippen molar-refractivity contribution in [2.75, 3.05) is 54.4 Å². The number of aromatic nitrogens is 1. The number of urea groups is 1. The summed E-state index contributed by atoms with van der Waals surface area (Å²) in [4.78, 5) is 18.9. The van der Waals surface area contributed by atoms with E-state index in [1.165, 1.54) is 24.2 Å². The van der Waals surface area contributed by atoms with Crippen LogP contribution in [0.15, 0.2) is 34.9 Å². The summed E-state index contributed by atoms with van der Waals surface area (Å²) in [6.07, 6.45) is 2.58. The second-order valence-electron chi connectivity index (χ2n) is 6.94. The summed E-state index contributed by atoms with van der Waals surface area (Å²) in [7, 11) is 0. The smallest absolute Gasteiger partial charge is 0.323 e. The molecule has 0 saturated carbocycles. The Morgan fingerprint density at radius 1 is 0.962 bits per heavy atom. The zero-order chi connectivity index (χ0) is 17.9. The molecule has 0 spiro atoms. The normalized spacial score (nSPS) is 17.7. The van der Waals surface area contributed by atoms with Crippen molar-refractivity contribution < 1.29 is 9.32 Å². The molecular formula is C19H25N5O2. The molecular weight excluding hydrogens is 330 g/mol. The summed E-state index contributed by atoms with van der Waals surface area (Å²) in [5.41, 5.74) is 2.53. The summed E-state index contributed by atoms with van der Waals surface area (Å²) in [6.45, 7) is 7.17. The quantitative estimate of drug-likeness (QED) is 0.917. The zero-order valence-corrected chi connectivity index (χ0v) is 15.1. The van der Waals surface area contributed by atoms with Gasteiger partial charge in [0.25, 0.3) is 0 Å². The first-order valence-electron chi connectivity index (χ1n) is 9.28. The van der Waals surface area contributed by atoms with Crippen molar-refractivity contribution in [3.8, 4) is 0 Å². The fourth-order valence-electron chi connectivity index (χ4n) is 3.63. The number of carbonyl (C=O) groups excluding carboxylic acids is 1. The van der Waals surface area contributed by atoms with Crippen molar-refractivity contribution in [2.24, 2.45) is 0 Å². The Morgan fingerprint density at radius 2 is 1.54 bits per heavy atom. The van der Waals surface area contributed by atoms with Crippen LogP contribution in [0, 0.1) is 6.92 Å². The molecule has 2 aliphatic rings. The number of amides is 2. The van der Waals surface area contributed by atoms with E-state index in [0.29, 0.717) is 24.7 Å². The minimum Gasteiger partial charge on any atom is -0.372 e. The van der Waals surface area contributed by atoms with Gasteiger partial charge in [0.15, 0.2) is 5.82 Å². The van der Waals surface area contributed by atoms with Crippen molar-refractivity contribution in [3.05, 3.63) is 36.1 Å². The third kappa shape index (κ3) is 3.61. The van der Waals surface area contributed by atoms with Gasteiger partial charge in [0.05, 0.1) is 0 Å². The second-order valence-corrected chi connectivity index (χ2v) is 6.94. The summed E-state index contributed by atoms with van der Waals surface area (Å²) < 4.78 is 4.98. The lowest BCUT2D eigenvalue weighted by Crippen LogP contribution is -2.50. The molecule has 0 bridgehead atoms. The highest BCUT2D eigenvalue weighted by atomic mass is 16.5. The molecule has 7 heteroatoms. The number of piperazine rings is 1. The van der Waals surface area contributed by atoms with Gasteiger partial charge in [0.2, 0.25) is 0 Å². The van der Waals surface area contributed by atoms with Crippen LogP contribution in [0.1, 0.15) is 18.6 Å². The highest BCUT2D eigenvalue weighted by molar-refractivity contribution is 5.88. The van der Waals surface area contributed by atoms with Gasteiger partial charge in [-0.05, 0) is 44.0 Å². The Labute approximate surface area is 153 Å². The molecule has 2 amide bonds. The van der Waals surface area contributed by atoms with E-state index in [9.17, 15) is 4.79 Å². The number of hydrogen-bond donors (Lipinski definition) is 1. The van der Waals surface area contributed by atoms with E-state index in [-0.39, 0.29) is 6.03 Å². The first kappa shape index (κ1) is 16.8. The number of hydrogen-bond acceptors (Lipinski definition) is 5. The molecule has 138 valence electrons. The number of carbonyl (C=O) groups is 1. The number of aryl methyl sites for hydroxylation is 1. The van der Waals surface area contributed by atoms with E-state index in [1.807, 2.05) is 4.90 Å². The molecule has 2 saturated heterocycles. The predicted molar refractivity (Wildman–Crippen MR) is 102 cm³/mol. The van der Waals surface area contributed by atoms with Crippen LogP contribution in [-0.2, 0) is 0 Å². The molecule has 1 aromatic heterocycles. The third-order valence-corrected chi connectivity index (χ3v) is 5.12. The molecule has 1 N–H and O–H groups in total. The van der Waals surface area contributed by atoms with E-state index >= 15 is 0 Å². The molecule has 0 radical (unpaired) electrons. The summed E-state index contributed by atoms with van der Waals surface area (Å²) in [5, 5.41) is 6.59. The second kappa shape index (κ2) is 7.27. The average Bonchev–Trinajstić information content (AvgIpc) is 3.34. The number of nitrogens with zero attached hydrogens (tertiary/aromatic N) is 4. The van der Waals surface area contributed by atoms with Gasteiger partial charge < -0.3 is 19.2 Å². The molecule has 1 aromatic carbocycles. The Bertz CT molecular complexity index is 744. The standard InChI is InChI=1S/C19H25N5O2/c1-15-14-18(21-26-15)20-19(25)24-12-10-23(11-13-24)17-6-4-16(5-7-17)22-8-2-3-9-22/h4-7,14H,2-3,8-13H2,1H3,(H,20,21,25). The molecule has 4 rings (SSSR count). The Kier molecular flexibility index (Phi) is 4.69. The number of anilines is 3. The van der Waals surface area contributed by atoms with Crippen molar-refractivity contribution >= 4 is 23.2 Å². The lowest BCUT2D eigenvalue weighted by molar-refractivity contribution is 0.208. The molecule has 0 unspecified atom stereocenters. The van der Waals surface area contributed by atoms with Crippen molar-refractivity contribution in [1.82, 2.24) is 10.1 Å². The topological polar surface area (TPSA) is 64.9 Å². The maximum atomic E-state index is 12.3. The molecule has 3 heterocycles. The van der Waals surface area contributed by atoms with Crippen LogP contribution in [0.5, 0.6) is 0 Å². The first-order chi connectivity index (χ1) is 12.7. The summed E-state index contributed by atoms with van der Waals surface area (Å²) in [5.74, 6) is 1.15. The molecule has 7 nitrogen and oxygen atoms in total. The van der Waals surface area contributed by atoms with E-state index in [4.69, 9.17) is 4.52 Å². The van der Waals surface area contributed by atoms with Gasteiger partial charge in [0.1, 0.15) is 5.76 Å². The van der Waals surface area contributed by atoms with E-state index in [0.717, 1.165) is 26.2 Å². The largest absolute Gasteiger partial charge is 0.372 e. The Balaban J connectivity index is 1.30. The lowest BCUT2D eigenvalue weighted by Gasteiger charge is -2.36. The zero-order valence-electron chi connectivity index (χ0n) is 15.1. The minimum atomic E-state index is -0.123. The molecule has 2 aliphatic heterocycles. The molecule has 2 aromatic rings. The van der Waals surface area contributed by atoms with Crippen LogP contribution in [0.25, 0.3) is 0 Å². The van der Waals surface area contributed by atoms with Crippen LogP contribution in [0.2, 0.25) is 0 Å². The molecule has 0 atom stereocenters. The predicted octanol–water partition coefficient (Wildman–Crippen LogP) is 2.94. The molecule has 26 heavy (non-hydrogen) atoms. The lowest BCUT2D eigenvalue weighted by atomic mass is 10.2. The van der Waals surface area contributed by atoms with Crippen molar-refractivity contribution in [2.45, 2.75) is 19.8 Å². The van der Waals surface area contributed by atoms with Crippen LogP contribution in [0.4, 0.5) is 22.0 Å². The fraction of sp³-hybridized carbons (Fsp3) is 0.474. The van der Waals surface area contributed by atoms with Crippen LogP contribution < -0.4 is 15.1 Å². The van der Waals surface area contributed by atoms with Crippen LogP contribution in [-0.4, -0.2) is 55.4 Å². The van der Waals surface area contributed by atoms with Crippen molar-refractivity contribution in [1.29, 1.82) is 0 Å². The highest BCUT2D eigenvalue weighted by Gasteiger charge is 2.22. The van der Waals surface area contributed by atoms with E-state index in [2.05, 4.69) is 44.5 Å². The number of benzene rings is 1. The van der Waals surface area contributed by atoms with Gasteiger partial charge in [0, 0.05) is 56.7 Å². The number of rotatable bonds is 3.